The second-order valence-electron chi connectivity index (χ2n) is 12.7. The summed E-state index contributed by atoms with van der Waals surface area (Å²) in [4.78, 5) is 4.10. The van der Waals surface area contributed by atoms with E-state index in [2.05, 4.69) is 138 Å². The molecule has 0 fully saturated rings. The molecule has 8 aromatic carbocycles. The van der Waals surface area contributed by atoms with Gasteiger partial charge in [0, 0.05) is 57.4 Å². The molecule has 3 heterocycles. The first-order chi connectivity index (χ1) is 24.7. The number of rotatable bonds is 4. The summed E-state index contributed by atoms with van der Waals surface area (Å²) in [6, 6.07) is 56.8. The third-order valence-corrected chi connectivity index (χ3v) is 12.1. The molecule has 234 valence electrons. The molecule has 0 atom stereocenters. The molecular formula is C44H26N4S2. The molecule has 0 aliphatic heterocycles. The minimum absolute atomic E-state index is 0.882. The quantitative estimate of drug-likeness (QED) is 0.186. The lowest BCUT2D eigenvalue weighted by Gasteiger charge is -2.26. The van der Waals surface area contributed by atoms with Crippen LogP contribution in [-0.2, 0) is 0 Å². The summed E-state index contributed by atoms with van der Waals surface area (Å²) in [7, 11) is 0. The number of nitrogens with zero attached hydrogens (tertiary/aromatic N) is 4. The number of hydrogen-bond donors (Lipinski definition) is 0. The Kier molecular flexibility index (Phi) is 5.96. The highest BCUT2D eigenvalue weighted by molar-refractivity contribution is 7.26. The van der Waals surface area contributed by atoms with E-state index in [1.807, 2.05) is 46.9 Å². The van der Waals surface area contributed by atoms with Crippen LogP contribution in [0.4, 0.5) is 17.1 Å². The van der Waals surface area contributed by atoms with Gasteiger partial charge < -0.3 is 4.90 Å². The lowest BCUT2D eigenvalue weighted by atomic mass is 10.0. The van der Waals surface area contributed by atoms with Gasteiger partial charge in [0.25, 0.3) is 0 Å². The van der Waals surface area contributed by atoms with Gasteiger partial charge in [-0.1, -0.05) is 84.9 Å². The van der Waals surface area contributed by atoms with Crippen molar-refractivity contribution in [2.24, 2.45) is 0 Å². The van der Waals surface area contributed by atoms with Crippen molar-refractivity contribution in [2.45, 2.75) is 0 Å². The molecule has 0 unspecified atom stereocenters. The Hall–Kier alpha value is -6.08. The Bertz CT molecular complexity index is 2930. The first kappa shape index (κ1) is 27.8. The van der Waals surface area contributed by atoms with Crippen molar-refractivity contribution in [2.75, 3.05) is 4.90 Å². The molecule has 0 aliphatic carbocycles. The van der Waals surface area contributed by atoms with Gasteiger partial charge in [0.2, 0.25) is 0 Å². The first-order valence-electron chi connectivity index (χ1n) is 16.7. The Morgan fingerprint density at radius 3 is 1.42 bits per heavy atom. The Balaban J connectivity index is 1.09. The molecule has 50 heavy (non-hydrogen) atoms. The highest BCUT2D eigenvalue weighted by Crippen LogP contribution is 2.45. The molecular weight excluding hydrogens is 649 g/mol. The summed E-state index contributed by atoms with van der Waals surface area (Å²) in [5.41, 5.74) is 6.00. The van der Waals surface area contributed by atoms with Crippen LogP contribution in [-0.4, -0.2) is 15.0 Å². The SMILES string of the molecule is c1ccc2c(c1)ccc1sc3cc(N(c4ccc(-n5nc6ccccc6n5)cc4)c4ccc5c(c4)sc4ccc6ccccc6c45)ccc3c12. The first-order valence-corrected chi connectivity index (χ1v) is 18.3. The summed E-state index contributed by atoms with van der Waals surface area (Å²) >= 11 is 3.72. The average Bonchev–Trinajstić information content (AvgIpc) is 3.88. The van der Waals surface area contributed by atoms with Crippen LogP contribution < -0.4 is 4.90 Å². The van der Waals surface area contributed by atoms with Crippen molar-refractivity contribution >= 4 is 113 Å². The zero-order valence-electron chi connectivity index (χ0n) is 26.6. The topological polar surface area (TPSA) is 34.0 Å². The van der Waals surface area contributed by atoms with Crippen molar-refractivity contribution < 1.29 is 0 Å². The van der Waals surface area contributed by atoms with Gasteiger partial charge in [0.15, 0.2) is 0 Å². The van der Waals surface area contributed by atoms with Crippen molar-refractivity contribution in [3.05, 3.63) is 158 Å². The van der Waals surface area contributed by atoms with E-state index in [0.29, 0.717) is 0 Å². The average molecular weight is 675 g/mol. The van der Waals surface area contributed by atoms with E-state index in [1.54, 1.807) is 4.80 Å². The van der Waals surface area contributed by atoms with Crippen LogP contribution in [0.15, 0.2) is 158 Å². The minimum atomic E-state index is 0.882. The Labute approximate surface area is 294 Å². The molecule has 0 spiro atoms. The van der Waals surface area contributed by atoms with E-state index in [1.165, 1.54) is 61.9 Å². The second-order valence-corrected chi connectivity index (χ2v) is 14.9. The van der Waals surface area contributed by atoms with Gasteiger partial charge in [-0.05, 0) is 94.3 Å². The van der Waals surface area contributed by atoms with Crippen LogP contribution in [0.3, 0.4) is 0 Å². The largest absolute Gasteiger partial charge is 0.310 e. The third-order valence-electron chi connectivity index (χ3n) is 9.83. The van der Waals surface area contributed by atoms with Gasteiger partial charge in [-0.15, -0.1) is 32.9 Å². The number of aromatic nitrogens is 3. The fourth-order valence-electron chi connectivity index (χ4n) is 7.51. The van der Waals surface area contributed by atoms with Gasteiger partial charge in [0.05, 0.1) is 5.69 Å². The summed E-state index contributed by atoms with van der Waals surface area (Å²) < 4.78 is 5.17. The molecule has 0 saturated heterocycles. The highest BCUT2D eigenvalue weighted by atomic mass is 32.1. The molecule has 0 aliphatic rings. The molecule has 0 saturated carbocycles. The van der Waals surface area contributed by atoms with Gasteiger partial charge >= 0.3 is 0 Å². The predicted octanol–water partition coefficient (Wildman–Crippen LogP) is 12.9. The van der Waals surface area contributed by atoms with Gasteiger partial charge in [-0.3, -0.25) is 0 Å². The van der Waals surface area contributed by atoms with Crippen LogP contribution in [0.1, 0.15) is 0 Å². The van der Waals surface area contributed by atoms with E-state index in [-0.39, 0.29) is 0 Å². The van der Waals surface area contributed by atoms with Crippen LogP contribution >= 0.6 is 22.7 Å². The third kappa shape index (κ3) is 4.22. The fourth-order valence-corrected chi connectivity index (χ4v) is 9.81. The van der Waals surface area contributed by atoms with Crippen molar-refractivity contribution in [1.82, 2.24) is 15.0 Å². The van der Waals surface area contributed by atoms with E-state index >= 15 is 0 Å². The lowest BCUT2D eigenvalue weighted by molar-refractivity contribution is 0.766. The van der Waals surface area contributed by atoms with Crippen molar-refractivity contribution in [3.63, 3.8) is 0 Å². The maximum absolute atomic E-state index is 4.72. The minimum Gasteiger partial charge on any atom is -0.310 e. The van der Waals surface area contributed by atoms with Gasteiger partial charge in [-0.25, -0.2) is 0 Å². The maximum atomic E-state index is 4.72. The predicted molar refractivity (Wildman–Crippen MR) is 214 cm³/mol. The Morgan fingerprint density at radius 2 is 0.880 bits per heavy atom. The van der Waals surface area contributed by atoms with E-state index in [0.717, 1.165) is 33.8 Å². The summed E-state index contributed by atoms with van der Waals surface area (Å²) in [5.74, 6) is 0. The maximum Gasteiger partial charge on any atom is 0.113 e. The number of anilines is 3. The van der Waals surface area contributed by atoms with Gasteiger partial charge in [0.1, 0.15) is 11.0 Å². The van der Waals surface area contributed by atoms with Gasteiger partial charge in [-0.2, -0.15) is 4.80 Å². The Morgan fingerprint density at radius 1 is 0.400 bits per heavy atom. The highest BCUT2D eigenvalue weighted by Gasteiger charge is 2.18. The van der Waals surface area contributed by atoms with Crippen LogP contribution in [0.2, 0.25) is 0 Å². The standard InChI is InChI=1S/C44H26N4S2/c1-3-9-33-27(7-1)13-23-39-43(33)35-21-19-31(25-41(35)49-39)47(29-15-17-30(18-16-29)48-45-37-11-5-6-12-38(37)46-48)32-20-22-36-42(26-32)50-40-24-14-28-8-2-4-10-34(28)44(36)40/h1-26H. The fraction of sp³-hybridized carbons (Fsp3) is 0. The molecule has 0 radical (unpaired) electrons. The smallest absolute Gasteiger partial charge is 0.113 e. The summed E-state index contributed by atoms with van der Waals surface area (Å²) in [5, 5.41) is 19.9. The lowest BCUT2D eigenvalue weighted by Crippen LogP contribution is -2.10. The zero-order chi connectivity index (χ0) is 32.8. The van der Waals surface area contributed by atoms with E-state index in [9.17, 15) is 0 Å². The molecule has 0 amide bonds. The summed E-state index contributed by atoms with van der Waals surface area (Å²) in [6.45, 7) is 0. The second kappa shape index (κ2) is 10.7. The zero-order valence-corrected chi connectivity index (χ0v) is 28.2. The molecule has 11 rings (SSSR count). The van der Waals surface area contributed by atoms with E-state index in [4.69, 9.17) is 10.2 Å². The number of thiophene rings is 2. The van der Waals surface area contributed by atoms with E-state index < -0.39 is 0 Å². The summed E-state index contributed by atoms with van der Waals surface area (Å²) in [6.07, 6.45) is 0. The van der Waals surface area contributed by atoms with Crippen molar-refractivity contribution in [3.8, 4) is 5.69 Å². The van der Waals surface area contributed by atoms with Crippen LogP contribution in [0.5, 0.6) is 0 Å². The molecule has 4 nitrogen and oxygen atoms in total. The number of fused-ring (bicyclic) bond motifs is 11. The van der Waals surface area contributed by atoms with Crippen molar-refractivity contribution in [1.29, 1.82) is 0 Å². The molecule has 0 N–H and O–H groups in total. The molecule has 3 aromatic heterocycles. The number of benzene rings is 8. The van der Waals surface area contributed by atoms with Crippen LogP contribution in [0.25, 0.3) is 78.6 Å². The molecule has 11 aromatic rings. The molecule has 0 bridgehead atoms. The normalized spacial score (nSPS) is 12.0. The van der Waals surface area contributed by atoms with Crippen LogP contribution in [0, 0.1) is 0 Å². The monoisotopic (exact) mass is 674 g/mol. The number of hydrogen-bond acceptors (Lipinski definition) is 5. The molecule has 6 heteroatoms.